The highest BCUT2D eigenvalue weighted by molar-refractivity contribution is 7.85. The van der Waals surface area contributed by atoms with Gasteiger partial charge in [-0.3, -0.25) is 14.2 Å². The second-order valence-corrected chi connectivity index (χ2v) is 10.5. The van der Waals surface area contributed by atoms with E-state index in [1.165, 1.54) is 18.2 Å². The minimum Gasteiger partial charge on any atom is -0.376 e. The smallest absolute Gasteiger partial charge is 0.376 e. The first-order chi connectivity index (χ1) is 16.7. The third-order valence-corrected chi connectivity index (χ3v) is 6.72. The lowest BCUT2D eigenvalue weighted by Crippen LogP contribution is -2.34. The van der Waals surface area contributed by atoms with Gasteiger partial charge in [0.15, 0.2) is 10.9 Å². The summed E-state index contributed by atoms with van der Waals surface area (Å²) in [5.41, 5.74) is 5.55. The Labute approximate surface area is 214 Å². The lowest BCUT2D eigenvalue weighted by atomic mass is 9.89. The Bertz CT molecular complexity index is 1170. The molecule has 2 aromatic rings. The largest absolute Gasteiger partial charge is 0.418 e. The van der Waals surface area contributed by atoms with E-state index in [1.807, 2.05) is 7.05 Å². The minimum absolute atomic E-state index is 0.00746. The summed E-state index contributed by atoms with van der Waals surface area (Å²) in [5, 5.41) is -0.231. The van der Waals surface area contributed by atoms with Crippen molar-refractivity contribution in [3.05, 3.63) is 59.7 Å². The number of Topliss-reactive ketones (excluding diaryl/α,β-unsaturated/α-hetero) is 1. The van der Waals surface area contributed by atoms with Gasteiger partial charge in [0.05, 0.1) is 17.0 Å². The van der Waals surface area contributed by atoms with Gasteiger partial charge < -0.3 is 10.6 Å². The second-order valence-electron chi connectivity index (χ2n) is 8.47. The van der Waals surface area contributed by atoms with Gasteiger partial charge in [0.25, 0.3) is 10.1 Å². The first-order valence-corrected chi connectivity index (χ1v) is 13.3. The summed E-state index contributed by atoms with van der Waals surface area (Å²) in [6.07, 6.45) is -2.58. The van der Waals surface area contributed by atoms with Crippen LogP contribution in [0.1, 0.15) is 42.1 Å². The highest BCUT2D eigenvalue weighted by atomic mass is 32.2. The van der Waals surface area contributed by atoms with Crippen LogP contribution in [0.25, 0.3) is 0 Å². The van der Waals surface area contributed by atoms with E-state index in [2.05, 4.69) is 4.90 Å². The molecule has 1 aliphatic heterocycles. The highest BCUT2D eigenvalue weighted by Gasteiger charge is 2.35. The van der Waals surface area contributed by atoms with Gasteiger partial charge in [0.2, 0.25) is 0 Å². The van der Waals surface area contributed by atoms with Gasteiger partial charge in [-0.2, -0.15) is 21.6 Å². The maximum atomic E-state index is 13.5. The number of hydrogen-bond donors (Lipinski definition) is 2. The number of thiocarbonyl (C=S) groups is 1. The van der Waals surface area contributed by atoms with Crippen molar-refractivity contribution in [2.75, 3.05) is 30.8 Å². The fourth-order valence-corrected chi connectivity index (χ4v) is 4.58. The molecule has 1 aliphatic rings. The molecule has 1 heterocycles. The summed E-state index contributed by atoms with van der Waals surface area (Å²) in [6.45, 7) is 3.37. The van der Waals surface area contributed by atoms with Crippen LogP contribution in [0.4, 0.5) is 24.5 Å². The van der Waals surface area contributed by atoms with Crippen molar-refractivity contribution in [3.63, 3.8) is 0 Å². The molecule has 0 bridgehead atoms. The number of benzene rings is 2. The number of likely N-dealkylation sites (tertiary alicyclic amines) is 1. The number of nitrogens with two attached hydrogens (primary N) is 1. The molecule has 0 radical (unpaired) electrons. The van der Waals surface area contributed by atoms with Gasteiger partial charge in [0.1, 0.15) is 0 Å². The lowest BCUT2D eigenvalue weighted by Gasteiger charge is -2.29. The van der Waals surface area contributed by atoms with E-state index in [9.17, 15) is 26.4 Å². The number of para-hydroxylation sites is 1. The van der Waals surface area contributed by atoms with E-state index in [-0.39, 0.29) is 28.3 Å². The minimum atomic E-state index is -4.57. The summed E-state index contributed by atoms with van der Waals surface area (Å²) in [4.78, 5) is 16.3. The van der Waals surface area contributed by atoms with Crippen LogP contribution < -0.4 is 10.6 Å². The number of carbonyl (C=O) groups excluding carboxylic acids is 1. The predicted octanol–water partition coefficient (Wildman–Crippen LogP) is 4.90. The molecule has 0 aliphatic carbocycles. The molecule has 0 unspecified atom stereocenters. The maximum Gasteiger partial charge on any atom is 0.418 e. The summed E-state index contributed by atoms with van der Waals surface area (Å²) in [6, 6.07) is 11.6. The van der Waals surface area contributed by atoms with Crippen LogP contribution in [0.5, 0.6) is 0 Å². The van der Waals surface area contributed by atoms with Crippen molar-refractivity contribution >= 4 is 44.6 Å². The van der Waals surface area contributed by atoms with Crippen molar-refractivity contribution in [2.24, 2.45) is 11.7 Å². The number of piperidine rings is 1. The molecular formula is C24H30F3N3O4S2. The number of carbonyl (C=O) groups is 1. The van der Waals surface area contributed by atoms with Gasteiger partial charge in [-0.1, -0.05) is 31.2 Å². The standard InChI is InChI=1S/C21H22F3N3OS.C3H8O3S/c1-26-11-9-14(10-12-26)19(28)15-5-4-6-16(13-15)27(20(25)29)18-8-3-2-7-17(18)21(22,23)24;1-2-3-7(4,5)6/h2-8,13-14H,9-12H2,1H3,(H2,25,29);2-3H2,1H3,(H,4,5,6). The molecule has 7 nitrogen and oxygen atoms in total. The van der Waals surface area contributed by atoms with Crippen molar-refractivity contribution < 1.29 is 30.9 Å². The highest BCUT2D eigenvalue weighted by Crippen LogP contribution is 2.39. The van der Waals surface area contributed by atoms with Gasteiger partial charge >= 0.3 is 6.18 Å². The summed E-state index contributed by atoms with van der Waals surface area (Å²) < 4.78 is 68.1. The average Bonchev–Trinajstić information content (AvgIpc) is 2.78. The Morgan fingerprint density at radius 3 is 2.28 bits per heavy atom. The Hall–Kier alpha value is -2.54. The molecule has 0 amide bonds. The molecule has 3 N–H and O–H groups in total. The average molecular weight is 546 g/mol. The van der Waals surface area contributed by atoms with Gasteiger partial charge in [-0.05, 0) is 75.9 Å². The van der Waals surface area contributed by atoms with Crippen LogP contribution in [0.15, 0.2) is 48.5 Å². The molecule has 3 rings (SSSR count). The summed E-state index contributed by atoms with van der Waals surface area (Å²) in [7, 11) is -1.66. The van der Waals surface area contributed by atoms with Gasteiger partial charge in [0, 0.05) is 17.2 Å². The molecule has 198 valence electrons. The molecule has 12 heteroatoms. The first-order valence-electron chi connectivity index (χ1n) is 11.3. The summed E-state index contributed by atoms with van der Waals surface area (Å²) in [5.74, 6) is -0.235. The van der Waals surface area contributed by atoms with E-state index in [1.54, 1.807) is 31.2 Å². The van der Waals surface area contributed by atoms with Crippen molar-refractivity contribution in [1.29, 1.82) is 0 Å². The quantitative estimate of drug-likeness (QED) is 0.300. The van der Waals surface area contributed by atoms with E-state index in [4.69, 9.17) is 22.5 Å². The monoisotopic (exact) mass is 545 g/mol. The third kappa shape index (κ3) is 8.54. The van der Waals surface area contributed by atoms with Crippen LogP contribution in [-0.4, -0.2) is 54.7 Å². The Morgan fingerprint density at radius 1 is 1.17 bits per heavy atom. The topological polar surface area (TPSA) is 104 Å². The van der Waals surface area contributed by atoms with Crippen LogP contribution in [-0.2, 0) is 16.3 Å². The molecule has 36 heavy (non-hydrogen) atoms. The SMILES string of the molecule is CCCS(=O)(=O)O.CN1CCC(C(=O)c2cccc(N(C(N)=S)c3ccccc3C(F)(F)F)c2)CC1. The van der Waals surface area contributed by atoms with Crippen LogP contribution in [0.3, 0.4) is 0 Å². The fourth-order valence-electron chi connectivity index (χ4n) is 3.86. The molecule has 0 saturated carbocycles. The molecule has 1 saturated heterocycles. The number of rotatable bonds is 6. The maximum absolute atomic E-state index is 13.5. The molecule has 0 spiro atoms. The van der Waals surface area contributed by atoms with E-state index < -0.39 is 21.9 Å². The zero-order chi connectivity index (χ0) is 27.1. The zero-order valence-corrected chi connectivity index (χ0v) is 21.7. The van der Waals surface area contributed by atoms with Crippen molar-refractivity contribution in [1.82, 2.24) is 4.90 Å². The van der Waals surface area contributed by atoms with Crippen molar-refractivity contribution in [3.8, 4) is 0 Å². The van der Waals surface area contributed by atoms with Crippen molar-refractivity contribution in [2.45, 2.75) is 32.4 Å². The van der Waals surface area contributed by atoms with Gasteiger partial charge in [-0.15, -0.1) is 0 Å². The Balaban J connectivity index is 0.000000572. The molecule has 0 aromatic heterocycles. The molecule has 0 atom stereocenters. The zero-order valence-electron chi connectivity index (χ0n) is 20.0. The van der Waals surface area contributed by atoms with Crippen LogP contribution >= 0.6 is 12.2 Å². The third-order valence-electron chi connectivity index (χ3n) is 5.61. The Morgan fingerprint density at radius 2 is 1.78 bits per heavy atom. The van der Waals surface area contributed by atoms with E-state index in [0.29, 0.717) is 17.7 Å². The Kier molecular flexibility index (Phi) is 10.4. The number of hydrogen-bond acceptors (Lipinski definition) is 5. The molecule has 1 fully saturated rings. The lowest BCUT2D eigenvalue weighted by molar-refractivity contribution is -0.137. The second kappa shape index (κ2) is 12.6. The summed E-state index contributed by atoms with van der Waals surface area (Å²) >= 11 is 5.06. The van der Waals surface area contributed by atoms with Gasteiger partial charge in [-0.25, -0.2) is 0 Å². The molecule has 2 aromatic carbocycles. The number of halogens is 3. The molecular weight excluding hydrogens is 515 g/mol. The fraction of sp³-hybridized carbons (Fsp3) is 0.417. The number of nitrogens with zero attached hydrogens (tertiary/aromatic N) is 2. The van der Waals surface area contributed by atoms with Crippen LogP contribution in [0, 0.1) is 5.92 Å². The van der Waals surface area contributed by atoms with E-state index in [0.717, 1.165) is 36.9 Å². The predicted molar refractivity (Wildman–Crippen MR) is 138 cm³/mol. The first kappa shape index (κ1) is 29.7. The number of ketones is 1. The van der Waals surface area contributed by atoms with Crippen LogP contribution in [0.2, 0.25) is 0 Å². The van der Waals surface area contributed by atoms with E-state index >= 15 is 0 Å². The number of anilines is 2. The normalized spacial score (nSPS) is 15.1. The number of alkyl halides is 3.